The van der Waals surface area contributed by atoms with Crippen LogP contribution in [-0.2, 0) is 17.9 Å². The lowest BCUT2D eigenvalue weighted by Gasteiger charge is -2.34. The molecule has 34 heavy (non-hydrogen) atoms. The van der Waals surface area contributed by atoms with Crippen LogP contribution in [0.25, 0.3) is 16.7 Å². The summed E-state index contributed by atoms with van der Waals surface area (Å²) in [5, 5.41) is 2.98. The van der Waals surface area contributed by atoms with E-state index in [-0.39, 0.29) is 18.0 Å². The molecule has 8 heteroatoms. The van der Waals surface area contributed by atoms with Crippen molar-refractivity contribution in [3.63, 3.8) is 0 Å². The molecule has 0 aliphatic carbocycles. The molecule has 0 saturated carbocycles. The topological polar surface area (TPSA) is 74.9 Å². The van der Waals surface area contributed by atoms with E-state index < -0.39 is 0 Å². The molecule has 1 N–H and O–H groups in total. The van der Waals surface area contributed by atoms with Crippen LogP contribution in [0.4, 0.5) is 0 Å². The maximum atomic E-state index is 12.9. The van der Waals surface area contributed by atoms with Gasteiger partial charge < -0.3 is 14.6 Å². The van der Waals surface area contributed by atoms with Gasteiger partial charge in [0.2, 0.25) is 5.91 Å². The van der Waals surface area contributed by atoms with Gasteiger partial charge in [0.05, 0.1) is 5.52 Å². The average molecular weight is 459 g/mol. The van der Waals surface area contributed by atoms with E-state index in [1.54, 1.807) is 12.3 Å². The lowest BCUT2D eigenvalue weighted by molar-refractivity contribution is -0.121. The Hall–Kier alpha value is -3.49. The number of amides is 1. The first-order valence-corrected chi connectivity index (χ1v) is 11.9. The van der Waals surface area contributed by atoms with Crippen LogP contribution in [0.1, 0.15) is 12.0 Å². The summed E-state index contributed by atoms with van der Waals surface area (Å²) in [5.74, 6) is -0.169. The van der Waals surface area contributed by atoms with Gasteiger partial charge in [-0.1, -0.05) is 30.3 Å². The number of nitrogens with zero attached hydrogens (tertiary/aromatic N) is 5. The summed E-state index contributed by atoms with van der Waals surface area (Å²) in [5.41, 5.74) is 3.01. The molecule has 3 aromatic heterocycles. The predicted molar refractivity (Wildman–Crippen MR) is 133 cm³/mol. The predicted octanol–water partition coefficient (Wildman–Crippen LogP) is 1.97. The summed E-state index contributed by atoms with van der Waals surface area (Å²) >= 11 is 0. The molecule has 0 unspecified atom stereocenters. The zero-order chi connectivity index (χ0) is 23.3. The number of hydrogen-bond acceptors (Lipinski definition) is 5. The standard InChI is InChI=1S/C26H30N6O2/c33-24(20-32-25-22(9-4-11-28-25)31-14-5-10-23(31)26(32)34)27-12-6-13-29-15-17-30(18-16-29)19-21-7-2-1-3-8-21/h1-5,7-11,14H,6,12-13,15-20H2,(H,27,33). The van der Waals surface area contributed by atoms with Gasteiger partial charge in [-0.25, -0.2) is 4.98 Å². The van der Waals surface area contributed by atoms with Crippen molar-refractivity contribution in [3.05, 3.63) is 82.9 Å². The third kappa shape index (κ3) is 4.88. The van der Waals surface area contributed by atoms with Crippen LogP contribution in [0.15, 0.2) is 71.8 Å². The minimum atomic E-state index is -0.209. The highest BCUT2D eigenvalue weighted by molar-refractivity contribution is 5.80. The number of carbonyl (C=O) groups excluding carboxylic acids is 1. The zero-order valence-electron chi connectivity index (χ0n) is 19.3. The van der Waals surface area contributed by atoms with Crippen molar-refractivity contribution in [3.8, 4) is 0 Å². The summed E-state index contributed by atoms with van der Waals surface area (Å²) in [4.78, 5) is 34.9. The number of piperazine rings is 1. The number of fused-ring (bicyclic) bond motifs is 3. The average Bonchev–Trinajstić information content (AvgIpc) is 3.37. The summed E-state index contributed by atoms with van der Waals surface area (Å²) in [6.07, 6.45) is 4.37. The summed E-state index contributed by atoms with van der Waals surface area (Å²) in [7, 11) is 0. The lowest BCUT2D eigenvalue weighted by atomic mass is 10.2. The van der Waals surface area contributed by atoms with Crippen molar-refractivity contribution >= 4 is 22.6 Å². The van der Waals surface area contributed by atoms with Crippen LogP contribution in [0, 0.1) is 0 Å². The maximum absolute atomic E-state index is 12.9. The van der Waals surface area contributed by atoms with Crippen molar-refractivity contribution in [2.24, 2.45) is 0 Å². The first-order chi connectivity index (χ1) is 16.7. The van der Waals surface area contributed by atoms with E-state index in [9.17, 15) is 9.59 Å². The Balaban J connectivity index is 1.09. The van der Waals surface area contributed by atoms with Gasteiger partial charge in [0.1, 0.15) is 12.1 Å². The molecule has 0 radical (unpaired) electrons. The van der Waals surface area contributed by atoms with E-state index >= 15 is 0 Å². The molecule has 1 aliphatic heterocycles. The summed E-state index contributed by atoms with van der Waals surface area (Å²) < 4.78 is 3.28. The van der Waals surface area contributed by atoms with Crippen LogP contribution < -0.4 is 10.9 Å². The van der Waals surface area contributed by atoms with E-state index in [4.69, 9.17) is 0 Å². The van der Waals surface area contributed by atoms with E-state index in [1.807, 2.05) is 28.8 Å². The molecule has 1 saturated heterocycles. The first kappa shape index (κ1) is 22.3. The number of pyridine rings is 1. The van der Waals surface area contributed by atoms with Crippen LogP contribution in [0.3, 0.4) is 0 Å². The normalized spacial score (nSPS) is 15.2. The summed E-state index contributed by atoms with van der Waals surface area (Å²) in [6, 6.07) is 17.9. The molecule has 8 nitrogen and oxygen atoms in total. The van der Waals surface area contributed by atoms with E-state index in [2.05, 4.69) is 50.4 Å². The van der Waals surface area contributed by atoms with Gasteiger partial charge in [0, 0.05) is 51.7 Å². The fourth-order valence-corrected chi connectivity index (χ4v) is 4.67. The van der Waals surface area contributed by atoms with Gasteiger partial charge in [-0.3, -0.25) is 19.1 Å². The molecule has 4 heterocycles. The van der Waals surface area contributed by atoms with Crippen LogP contribution >= 0.6 is 0 Å². The second-order valence-electron chi connectivity index (χ2n) is 8.81. The molecule has 4 aromatic rings. The lowest BCUT2D eigenvalue weighted by Crippen LogP contribution is -2.46. The number of rotatable bonds is 8. The van der Waals surface area contributed by atoms with Crippen molar-refractivity contribution in [1.29, 1.82) is 0 Å². The highest BCUT2D eigenvalue weighted by atomic mass is 16.2. The van der Waals surface area contributed by atoms with Crippen molar-refractivity contribution in [2.75, 3.05) is 39.3 Å². The minimum absolute atomic E-state index is 0.0355. The Morgan fingerprint density at radius 2 is 1.68 bits per heavy atom. The van der Waals surface area contributed by atoms with Gasteiger partial charge in [-0.15, -0.1) is 0 Å². The highest BCUT2D eigenvalue weighted by Crippen LogP contribution is 2.13. The molecule has 1 fully saturated rings. The molecule has 0 atom stereocenters. The summed E-state index contributed by atoms with van der Waals surface area (Å²) in [6.45, 7) is 6.74. The van der Waals surface area contributed by atoms with Crippen molar-refractivity contribution < 1.29 is 4.79 Å². The van der Waals surface area contributed by atoms with Gasteiger partial charge >= 0.3 is 0 Å². The van der Waals surface area contributed by atoms with E-state index in [0.29, 0.717) is 17.7 Å². The number of benzene rings is 1. The Morgan fingerprint density at radius 1 is 0.912 bits per heavy atom. The van der Waals surface area contributed by atoms with Crippen molar-refractivity contribution in [1.82, 2.24) is 29.1 Å². The Morgan fingerprint density at radius 3 is 2.50 bits per heavy atom. The van der Waals surface area contributed by atoms with Gasteiger partial charge in [0.15, 0.2) is 5.65 Å². The molecule has 0 bridgehead atoms. The van der Waals surface area contributed by atoms with Crippen LogP contribution in [0.2, 0.25) is 0 Å². The molecule has 5 rings (SSSR count). The SMILES string of the molecule is O=C(Cn1c(=O)c2cccn2c2cccnc21)NCCCN1CCN(Cc2ccccc2)CC1. The van der Waals surface area contributed by atoms with Gasteiger partial charge in [-0.05, 0) is 42.8 Å². The largest absolute Gasteiger partial charge is 0.354 e. The monoisotopic (exact) mass is 458 g/mol. The third-order valence-corrected chi connectivity index (χ3v) is 6.48. The number of aromatic nitrogens is 3. The fraction of sp³-hybridized carbons (Fsp3) is 0.346. The van der Waals surface area contributed by atoms with Crippen LogP contribution in [-0.4, -0.2) is 68.9 Å². The van der Waals surface area contributed by atoms with E-state index in [0.717, 1.165) is 51.2 Å². The van der Waals surface area contributed by atoms with Gasteiger partial charge in [-0.2, -0.15) is 0 Å². The molecule has 0 spiro atoms. The molecule has 1 aromatic carbocycles. The Labute approximate surface area is 198 Å². The second kappa shape index (κ2) is 10.2. The first-order valence-electron chi connectivity index (χ1n) is 11.9. The van der Waals surface area contributed by atoms with Gasteiger partial charge in [0.25, 0.3) is 5.56 Å². The maximum Gasteiger partial charge on any atom is 0.276 e. The fourth-order valence-electron chi connectivity index (χ4n) is 4.67. The smallest absolute Gasteiger partial charge is 0.276 e. The minimum Gasteiger partial charge on any atom is -0.354 e. The Kier molecular flexibility index (Phi) is 6.69. The molecule has 1 aliphatic rings. The Bertz CT molecular complexity index is 1320. The molecule has 1 amide bonds. The van der Waals surface area contributed by atoms with Crippen LogP contribution in [0.5, 0.6) is 0 Å². The van der Waals surface area contributed by atoms with Crippen molar-refractivity contribution in [2.45, 2.75) is 19.5 Å². The highest BCUT2D eigenvalue weighted by Gasteiger charge is 2.17. The quantitative estimate of drug-likeness (QED) is 0.409. The van der Waals surface area contributed by atoms with E-state index in [1.165, 1.54) is 10.1 Å². The molecular weight excluding hydrogens is 428 g/mol. The zero-order valence-corrected chi connectivity index (χ0v) is 19.3. The number of hydrogen-bond donors (Lipinski definition) is 1. The molecular formula is C26H30N6O2. The second-order valence-corrected chi connectivity index (χ2v) is 8.81. The number of nitrogens with one attached hydrogen (secondary N) is 1. The third-order valence-electron chi connectivity index (χ3n) is 6.48. The number of carbonyl (C=O) groups is 1. The molecule has 176 valence electrons.